The van der Waals surface area contributed by atoms with Gasteiger partial charge in [-0.1, -0.05) is 11.6 Å². The number of ether oxygens (including phenoxy) is 1. The van der Waals surface area contributed by atoms with Crippen LogP contribution in [0, 0.1) is 18.8 Å². The number of halogens is 1. The van der Waals surface area contributed by atoms with Crippen molar-refractivity contribution in [2.45, 2.75) is 51.2 Å². The molecule has 0 spiro atoms. The number of nitrogens with two attached hydrogens (primary N) is 1. The highest BCUT2D eigenvalue weighted by molar-refractivity contribution is 6.33. The molecule has 1 aromatic carbocycles. The molecule has 10 nitrogen and oxygen atoms in total. The number of rotatable bonds is 7. The van der Waals surface area contributed by atoms with Crippen molar-refractivity contribution in [1.82, 2.24) is 29.0 Å². The van der Waals surface area contributed by atoms with Crippen molar-refractivity contribution in [2.75, 3.05) is 19.0 Å². The number of carbonyl (C=O) groups is 1. The first-order chi connectivity index (χ1) is 21.3. The van der Waals surface area contributed by atoms with Gasteiger partial charge in [0.1, 0.15) is 22.7 Å². The zero-order chi connectivity index (χ0) is 30.3. The number of carbonyl (C=O) groups excluding carboxylic acids is 1. The van der Waals surface area contributed by atoms with Gasteiger partial charge in [-0.05, 0) is 80.8 Å². The average Bonchev–Trinajstić information content (AvgIpc) is 3.43. The molecule has 3 fully saturated rings. The van der Waals surface area contributed by atoms with Crippen LogP contribution in [-0.2, 0) is 13.6 Å². The zero-order valence-electron chi connectivity index (χ0n) is 25.0. The van der Waals surface area contributed by atoms with Crippen molar-refractivity contribution in [2.24, 2.45) is 24.6 Å². The monoisotopic (exact) mass is 610 g/mol. The standard InChI is InChI=1S/C33H35ClN8O2/c1-17-28(34)22(10-11-36-17)37-27-9-7-19-13-25(41(31(19)39-27)15-18-4-5-18)32-38-23-12-21(14-26(44-3)30(23)40(32)2)33(43)42-16-20-6-8-24(42)29(20)35/h7,9-14,18,20,24,29H,4-6,8,15-16,35H2,1-3H3,(H,36,37,39)/t20-,24-,29-/m1/s1. The van der Waals surface area contributed by atoms with Crippen molar-refractivity contribution < 1.29 is 9.53 Å². The van der Waals surface area contributed by atoms with E-state index in [0.717, 1.165) is 70.9 Å². The summed E-state index contributed by atoms with van der Waals surface area (Å²) < 4.78 is 10.2. The number of nitrogens with zero attached hydrogens (tertiary/aromatic N) is 6. The number of aromatic nitrogens is 5. The van der Waals surface area contributed by atoms with Gasteiger partial charge >= 0.3 is 0 Å². The van der Waals surface area contributed by atoms with Gasteiger partial charge in [-0.2, -0.15) is 0 Å². The Balaban J connectivity index is 1.21. The van der Waals surface area contributed by atoms with E-state index < -0.39 is 0 Å². The van der Waals surface area contributed by atoms with Crippen LogP contribution in [0.15, 0.2) is 42.6 Å². The molecule has 226 valence electrons. The lowest BCUT2D eigenvalue weighted by atomic mass is 10.1. The van der Waals surface area contributed by atoms with Crippen LogP contribution in [0.5, 0.6) is 5.75 Å². The van der Waals surface area contributed by atoms with Crippen LogP contribution >= 0.6 is 11.6 Å². The molecule has 3 aliphatic rings. The van der Waals surface area contributed by atoms with Crippen molar-refractivity contribution in [3.05, 3.63) is 58.9 Å². The van der Waals surface area contributed by atoms with Gasteiger partial charge in [0.15, 0.2) is 5.82 Å². The van der Waals surface area contributed by atoms with Crippen LogP contribution in [0.25, 0.3) is 33.6 Å². The molecule has 0 radical (unpaired) electrons. The van der Waals surface area contributed by atoms with Gasteiger partial charge in [-0.15, -0.1) is 0 Å². The number of benzene rings is 1. The molecule has 1 saturated heterocycles. The van der Waals surface area contributed by atoms with Gasteiger partial charge < -0.3 is 29.8 Å². The number of likely N-dealkylation sites (tertiary alicyclic amines) is 1. The first kappa shape index (κ1) is 27.4. The Labute approximate surface area is 260 Å². The number of imidazole rings is 1. The maximum Gasteiger partial charge on any atom is 0.254 e. The highest BCUT2D eigenvalue weighted by Crippen LogP contribution is 2.40. The maximum atomic E-state index is 13.7. The minimum absolute atomic E-state index is 0.00313. The third kappa shape index (κ3) is 4.34. The lowest BCUT2D eigenvalue weighted by Gasteiger charge is -2.27. The summed E-state index contributed by atoms with van der Waals surface area (Å²) in [5.74, 6) is 3.12. The minimum atomic E-state index is -0.00313. The molecule has 5 heterocycles. The first-order valence-corrected chi connectivity index (χ1v) is 15.7. The number of hydrogen-bond acceptors (Lipinski definition) is 7. The third-order valence-corrected chi connectivity index (χ3v) is 10.2. The minimum Gasteiger partial charge on any atom is -0.494 e. The SMILES string of the molecule is COc1cc(C(=O)N2C[C@H]3CC[C@@H]2[C@@H]3N)cc2nc(-c3cc4ccc(Nc5ccnc(C)c5Cl)nc4n3CC3CC3)n(C)c12. The Morgan fingerprint density at radius 3 is 2.70 bits per heavy atom. The van der Waals surface area contributed by atoms with Crippen LogP contribution in [0.1, 0.15) is 41.7 Å². The predicted molar refractivity (Wildman–Crippen MR) is 172 cm³/mol. The number of nitrogens with one attached hydrogen (secondary N) is 1. The molecule has 44 heavy (non-hydrogen) atoms. The van der Waals surface area contributed by atoms with Crippen molar-refractivity contribution in [3.63, 3.8) is 0 Å². The number of aryl methyl sites for hydroxylation is 2. The summed E-state index contributed by atoms with van der Waals surface area (Å²) in [6, 6.07) is 12.0. The third-order valence-electron chi connectivity index (χ3n) is 9.75. The van der Waals surface area contributed by atoms with E-state index in [1.165, 1.54) is 12.8 Å². The van der Waals surface area contributed by atoms with E-state index in [2.05, 4.69) is 31.6 Å². The van der Waals surface area contributed by atoms with E-state index in [9.17, 15) is 4.79 Å². The number of amides is 1. The first-order valence-electron chi connectivity index (χ1n) is 15.3. The molecule has 4 aromatic heterocycles. The van der Waals surface area contributed by atoms with Crippen molar-refractivity contribution >= 4 is 51.1 Å². The molecule has 2 bridgehead atoms. The fourth-order valence-corrected chi connectivity index (χ4v) is 7.33. The van der Waals surface area contributed by atoms with Gasteiger partial charge in [0.25, 0.3) is 5.91 Å². The van der Waals surface area contributed by atoms with E-state index in [1.54, 1.807) is 13.3 Å². The number of methoxy groups -OCH3 is 1. The molecule has 5 aromatic rings. The zero-order valence-corrected chi connectivity index (χ0v) is 25.8. The summed E-state index contributed by atoms with van der Waals surface area (Å²) >= 11 is 6.52. The van der Waals surface area contributed by atoms with Crippen molar-refractivity contribution in [1.29, 1.82) is 0 Å². The molecular formula is C33H35ClN8O2. The summed E-state index contributed by atoms with van der Waals surface area (Å²) in [7, 11) is 3.64. The summed E-state index contributed by atoms with van der Waals surface area (Å²) in [5, 5.41) is 4.98. The molecule has 1 aliphatic heterocycles. The summed E-state index contributed by atoms with van der Waals surface area (Å²) in [6.07, 6.45) is 6.20. The Bertz CT molecular complexity index is 1960. The van der Waals surface area contributed by atoms with E-state index >= 15 is 0 Å². The molecule has 11 heteroatoms. The van der Waals surface area contributed by atoms with Crippen LogP contribution in [0.3, 0.4) is 0 Å². The van der Waals surface area contributed by atoms with Crippen LogP contribution < -0.4 is 15.8 Å². The molecule has 3 atom stereocenters. The number of piperidine rings is 1. The molecule has 8 rings (SSSR count). The number of pyridine rings is 2. The average molecular weight is 611 g/mol. The molecule has 1 amide bonds. The summed E-state index contributed by atoms with van der Waals surface area (Å²) in [4.78, 5) is 30.1. The Morgan fingerprint density at radius 2 is 1.98 bits per heavy atom. The quantitative estimate of drug-likeness (QED) is 0.244. The molecule has 2 aliphatic carbocycles. The highest BCUT2D eigenvalue weighted by atomic mass is 35.5. The predicted octanol–water partition coefficient (Wildman–Crippen LogP) is 5.67. The molecule has 0 unspecified atom stereocenters. The Kier molecular flexibility index (Phi) is 6.36. The lowest BCUT2D eigenvalue weighted by molar-refractivity contribution is 0.0700. The smallest absolute Gasteiger partial charge is 0.254 e. The second-order valence-electron chi connectivity index (χ2n) is 12.6. The second-order valence-corrected chi connectivity index (χ2v) is 12.9. The van der Waals surface area contributed by atoms with Gasteiger partial charge in [0.05, 0.1) is 34.7 Å². The fourth-order valence-electron chi connectivity index (χ4n) is 7.18. The topological polar surface area (TPSA) is 116 Å². The van der Waals surface area contributed by atoms with E-state index in [-0.39, 0.29) is 18.0 Å². The van der Waals surface area contributed by atoms with Gasteiger partial charge in [-0.25, -0.2) is 9.97 Å². The van der Waals surface area contributed by atoms with E-state index in [0.29, 0.717) is 34.0 Å². The fraction of sp³-hybridized carbons (Fsp3) is 0.394. The lowest BCUT2D eigenvalue weighted by Crippen LogP contribution is -2.41. The highest BCUT2D eigenvalue weighted by Gasteiger charge is 2.47. The van der Waals surface area contributed by atoms with Gasteiger partial charge in [-0.3, -0.25) is 9.78 Å². The van der Waals surface area contributed by atoms with Crippen LogP contribution in [-0.4, -0.2) is 60.6 Å². The molecule has 3 N–H and O–H groups in total. The number of fused-ring (bicyclic) bond motifs is 4. The molecule has 2 saturated carbocycles. The van der Waals surface area contributed by atoms with Crippen LogP contribution in [0.2, 0.25) is 5.02 Å². The van der Waals surface area contributed by atoms with E-state index in [1.807, 2.05) is 43.1 Å². The Morgan fingerprint density at radius 1 is 1.14 bits per heavy atom. The number of hydrogen-bond donors (Lipinski definition) is 2. The van der Waals surface area contributed by atoms with E-state index in [4.69, 9.17) is 32.0 Å². The second kappa shape index (κ2) is 10.2. The summed E-state index contributed by atoms with van der Waals surface area (Å²) in [6.45, 7) is 3.45. The number of anilines is 2. The van der Waals surface area contributed by atoms with Crippen LogP contribution in [0.4, 0.5) is 11.5 Å². The van der Waals surface area contributed by atoms with Gasteiger partial charge in [0, 0.05) is 49.4 Å². The van der Waals surface area contributed by atoms with Crippen molar-refractivity contribution in [3.8, 4) is 17.3 Å². The largest absolute Gasteiger partial charge is 0.494 e. The maximum absolute atomic E-state index is 13.7. The normalized spacial score (nSPS) is 21.1. The molecular weight excluding hydrogens is 576 g/mol. The Hall–Kier alpha value is -4.15. The summed E-state index contributed by atoms with van der Waals surface area (Å²) in [5.41, 5.74) is 12.0. The van der Waals surface area contributed by atoms with Gasteiger partial charge in [0.2, 0.25) is 0 Å².